The predicted octanol–water partition coefficient (Wildman–Crippen LogP) is 1.16. The molecule has 1 N–H and O–H groups in total. The molecule has 72 valence electrons. The molecule has 0 aromatic rings. The van der Waals surface area contributed by atoms with Gasteiger partial charge in [0.2, 0.25) is 0 Å². The van der Waals surface area contributed by atoms with Crippen molar-refractivity contribution >= 4 is 0 Å². The highest BCUT2D eigenvalue weighted by molar-refractivity contribution is 4.95. The molecule has 0 radical (unpaired) electrons. The standard InChI is InChI=1S/C9H19NO2/c1-6-9(2,3)10-7-8(11-4)12-5/h6,8,10H,1,7H2,2-5H3. The normalized spacial score (nSPS) is 12.1. The number of hydrogen-bond acceptors (Lipinski definition) is 3. The lowest BCUT2D eigenvalue weighted by Crippen LogP contribution is -2.42. The Kier molecular flexibility index (Phi) is 5.13. The van der Waals surface area contributed by atoms with Gasteiger partial charge < -0.3 is 14.8 Å². The first-order valence-corrected chi connectivity index (χ1v) is 4.00. The van der Waals surface area contributed by atoms with E-state index in [0.29, 0.717) is 6.54 Å². The summed E-state index contributed by atoms with van der Waals surface area (Å²) in [5, 5.41) is 3.24. The van der Waals surface area contributed by atoms with E-state index in [1.54, 1.807) is 14.2 Å². The van der Waals surface area contributed by atoms with Crippen molar-refractivity contribution in [1.29, 1.82) is 0 Å². The van der Waals surface area contributed by atoms with Gasteiger partial charge in [0.25, 0.3) is 0 Å². The first kappa shape index (κ1) is 11.6. The Hall–Kier alpha value is -0.380. The van der Waals surface area contributed by atoms with Crippen LogP contribution in [0.5, 0.6) is 0 Å². The predicted molar refractivity (Wildman–Crippen MR) is 50.1 cm³/mol. The minimum absolute atomic E-state index is 0.0741. The average molecular weight is 173 g/mol. The molecule has 0 aliphatic rings. The molecular formula is C9H19NO2. The fourth-order valence-corrected chi connectivity index (χ4v) is 0.681. The van der Waals surface area contributed by atoms with Gasteiger partial charge >= 0.3 is 0 Å². The second kappa shape index (κ2) is 5.30. The summed E-state index contributed by atoms with van der Waals surface area (Å²) >= 11 is 0. The highest BCUT2D eigenvalue weighted by atomic mass is 16.7. The molecule has 0 amide bonds. The summed E-state index contributed by atoms with van der Waals surface area (Å²) in [6.07, 6.45) is 1.67. The number of nitrogens with one attached hydrogen (secondary N) is 1. The van der Waals surface area contributed by atoms with E-state index in [9.17, 15) is 0 Å². The van der Waals surface area contributed by atoms with Crippen LogP contribution in [0.2, 0.25) is 0 Å². The van der Waals surface area contributed by atoms with Gasteiger partial charge in [-0.3, -0.25) is 0 Å². The Morgan fingerprint density at radius 1 is 1.42 bits per heavy atom. The zero-order valence-corrected chi connectivity index (χ0v) is 8.39. The van der Waals surface area contributed by atoms with Crippen LogP contribution in [0.4, 0.5) is 0 Å². The summed E-state index contributed by atoms with van der Waals surface area (Å²) in [5.41, 5.74) is -0.0741. The van der Waals surface area contributed by atoms with Crippen molar-refractivity contribution in [2.45, 2.75) is 25.7 Å². The third-order valence-corrected chi connectivity index (χ3v) is 1.76. The van der Waals surface area contributed by atoms with Crippen molar-refractivity contribution < 1.29 is 9.47 Å². The Morgan fingerprint density at radius 3 is 2.25 bits per heavy atom. The van der Waals surface area contributed by atoms with Gasteiger partial charge in [0.05, 0.1) is 0 Å². The molecule has 0 spiro atoms. The number of methoxy groups -OCH3 is 2. The molecule has 0 aliphatic carbocycles. The van der Waals surface area contributed by atoms with E-state index in [-0.39, 0.29) is 11.8 Å². The molecule has 12 heavy (non-hydrogen) atoms. The van der Waals surface area contributed by atoms with Gasteiger partial charge in [-0.05, 0) is 13.8 Å². The fraction of sp³-hybridized carbons (Fsp3) is 0.778. The first-order valence-electron chi connectivity index (χ1n) is 4.00. The molecule has 0 saturated heterocycles. The zero-order valence-electron chi connectivity index (χ0n) is 8.39. The molecule has 0 aromatic carbocycles. The van der Waals surface area contributed by atoms with Crippen molar-refractivity contribution in [3.8, 4) is 0 Å². The monoisotopic (exact) mass is 173 g/mol. The lowest BCUT2D eigenvalue weighted by Gasteiger charge is -2.24. The highest BCUT2D eigenvalue weighted by Gasteiger charge is 2.14. The van der Waals surface area contributed by atoms with Crippen molar-refractivity contribution in [3.05, 3.63) is 12.7 Å². The van der Waals surface area contributed by atoms with Crippen molar-refractivity contribution in [2.24, 2.45) is 0 Å². The molecule has 0 aliphatic heterocycles. The molecule has 3 nitrogen and oxygen atoms in total. The quantitative estimate of drug-likeness (QED) is 0.483. The maximum absolute atomic E-state index is 5.02. The second-order valence-corrected chi connectivity index (χ2v) is 3.21. The van der Waals surface area contributed by atoms with Gasteiger partial charge in [-0.2, -0.15) is 0 Å². The molecule has 0 saturated carbocycles. The van der Waals surface area contributed by atoms with E-state index in [0.717, 1.165) is 0 Å². The van der Waals surface area contributed by atoms with Gasteiger partial charge in [0.15, 0.2) is 6.29 Å². The van der Waals surface area contributed by atoms with Crippen LogP contribution in [-0.4, -0.2) is 32.6 Å². The maximum atomic E-state index is 5.02. The minimum atomic E-state index is -0.191. The summed E-state index contributed by atoms with van der Waals surface area (Å²) in [5.74, 6) is 0. The lowest BCUT2D eigenvalue weighted by atomic mass is 10.1. The molecule has 0 fully saturated rings. The molecule has 0 bridgehead atoms. The summed E-state index contributed by atoms with van der Waals surface area (Å²) in [6.45, 7) is 8.46. The molecule has 3 heteroatoms. The Labute approximate surface area is 74.7 Å². The molecule has 0 heterocycles. The smallest absolute Gasteiger partial charge is 0.169 e. The molecule has 0 rings (SSSR count). The van der Waals surface area contributed by atoms with Gasteiger partial charge in [-0.25, -0.2) is 0 Å². The second-order valence-electron chi connectivity index (χ2n) is 3.21. The highest BCUT2D eigenvalue weighted by Crippen LogP contribution is 2.02. The van der Waals surface area contributed by atoms with Gasteiger partial charge in [0, 0.05) is 26.3 Å². The fourth-order valence-electron chi connectivity index (χ4n) is 0.681. The van der Waals surface area contributed by atoms with E-state index in [1.165, 1.54) is 0 Å². The van der Waals surface area contributed by atoms with Crippen molar-refractivity contribution in [3.63, 3.8) is 0 Å². The van der Waals surface area contributed by atoms with Crippen LogP contribution < -0.4 is 5.32 Å². The summed E-state index contributed by atoms with van der Waals surface area (Å²) in [6, 6.07) is 0. The average Bonchev–Trinajstić information content (AvgIpc) is 2.06. The van der Waals surface area contributed by atoms with Gasteiger partial charge in [-0.15, -0.1) is 6.58 Å². The molecular weight excluding hydrogens is 154 g/mol. The summed E-state index contributed by atoms with van der Waals surface area (Å²) in [4.78, 5) is 0. The van der Waals surface area contributed by atoms with Crippen LogP contribution >= 0.6 is 0 Å². The van der Waals surface area contributed by atoms with Crippen molar-refractivity contribution in [2.75, 3.05) is 20.8 Å². The summed E-state index contributed by atoms with van der Waals surface area (Å²) < 4.78 is 10.0. The largest absolute Gasteiger partial charge is 0.355 e. The minimum Gasteiger partial charge on any atom is -0.355 e. The van der Waals surface area contributed by atoms with E-state index < -0.39 is 0 Å². The maximum Gasteiger partial charge on any atom is 0.169 e. The molecule has 0 aromatic heterocycles. The van der Waals surface area contributed by atoms with Gasteiger partial charge in [0.1, 0.15) is 0 Å². The topological polar surface area (TPSA) is 30.5 Å². The molecule has 0 atom stereocenters. The first-order chi connectivity index (χ1) is 5.55. The summed E-state index contributed by atoms with van der Waals surface area (Å²) in [7, 11) is 3.24. The van der Waals surface area contributed by atoms with Crippen LogP contribution in [0.25, 0.3) is 0 Å². The number of ether oxygens (including phenoxy) is 2. The number of rotatable bonds is 6. The van der Waals surface area contributed by atoms with E-state index in [4.69, 9.17) is 9.47 Å². The Morgan fingerprint density at radius 2 is 1.92 bits per heavy atom. The Balaban J connectivity index is 3.72. The number of hydrogen-bond donors (Lipinski definition) is 1. The van der Waals surface area contributed by atoms with E-state index in [1.807, 2.05) is 19.9 Å². The SMILES string of the molecule is C=CC(C)(C)NCC(OC)OC. The van der Waals surface area contributed by atoms with Crippen LogP contribution in [-0.2, 0) is 9.47 Å². The van der Waals surface area contributed by atoms with Crippen LogP contribution in [0.1, 0.15) is 13.8 Å². The van der Waals surface area contributed by atoms with E-state index >= 15 is 0 Å². The third kappa shape index (κ3) is 4.49. The van der Waals surface area contributed by atoms with Crippen LogP contribution in [0, 0.1) is 0 Å². The van der Waals surface area contributed by atoms with Gasteiger partial charge in [-0.1, -0.05) is 6.08 Å². The lowest BCUT2D eigenvalue weighted by molar-refractivity contribution is -0.101. The van der Waals surface area contributed by atoms with Crippen LogP contribution in [0.3, 0.4) is 0 Å². The zero-order chi connectivity index (χ0) is 9.61. The molecule has 0 unspecified atom stereocenters. The Bertz CT molecular complexity index is 130. The van der Waals surface area contributed by atoms with E-state index in [2.05, 4.69) is 11.9 Å². The third-order valence-electron chi connectivity index (χ3n) is 1.76. The van der Waals surface area contributed by atoms with Crippen LogP contribution in [0.15, 0.2) is 12.7 Å². The van der Waals surface area contributed by atoms with Crippen molar-refractivity contribution in [1.82, 2.24) is 5.32 Å².